The van der Waals surface area contributed by atoms with Crippen LogP contribution in [0.15, 0.2) is 22.7 Å². The Kier molecular flexibility index (Phi) is 4.37. The fraction of sp³-hybridized carbons (Fsp3) is 0.462. The highest BCUT2D eigenvalue weighted by atomic mass is 79.9. The molecule has 2 N–H and O–H groups in total. The first-order chi connectivity index (χ1) is 8.63. The monoisotopic (exact) mass is 312 g/mol. The molecular weight excluding hydrogens is 296 g/mol. The van der Waals surface area contributed by atoms with E-state index >= 15 is 0 Å². The van der Waals surface area contributed by atoms with Crippen LogP contribution in [-0.4, -0.2) is 38.3 Å². The summed E-state index contributed by atoms with van der Waals surface area (Å²) >= 11 is 3.44. The van der Waals surface area contributed by atoms with Crippen molar-refractivity contribution in [1.29, 1.82) is 0 Å². The molecule has 1 saturated heterocycles. The molecule has 1 heterocycles. The van der Waals surface area contributed by atoms with Crippen molar-refractivity contribution in [2.75, 3.05) is 20.2 Å². The highest BCUT2D eigenvalue weighted by molar-refractivity contribution is 9.10. The summed E-state index contributed by atoms with van der Waals surface area (Å²) in [6.07, 6.45) is 0.0430. The van der Waals surface area contributed by atoms with Crippen LogP contribution in [0.1, 0.15) is 15.9 Å². The number of hydrogen-bond donors (Lipinski definition) is 2. The molecular formula is C13H17BrN2O2. The van der Waals surface area contributed by atoms with E-state index in [1.807, 2.05) is 25.1 Å². The van der Waals surface area contributed by atoms with Gasteiger partial charge in [0.15, 0.2) is 0 Å². The van der Waals surface area contributed by atoms with Gasteiger partial charge in [-0.1, -0.05) is 22.0 Å². The highest BCUT2D eigenvalue weighted by Crippen LogP contribution is 2.19. The van der Waals surface area contributed by atoms with Gasteiger partial charge in [0.25, 0.3) is 5.91 Å². The van der Waals surface area contributed by atoms with E-state index in [4.69, 9.17) is 4.74 Å². The Balaban J connectivity index is 2.10. The number of nitrogens with one attached hydrogen (secondary N) is 2. The number of rotatable bonds is 3. The van der Waals surface area contributed by atoms with Crippen LogP contribution < -0.4 is 10.6 Å². The summed E-state index contributed by atoms with van der Waals surface area (Å²) in [5.74, 6) is -0.0513. The molecule has 0 spiro atoms. The third-order valence-corrected chi connectivity index (χ3v) is 4.15. The van der Waals surface area contributed by atoms with Gasteiger partial charge < -0.3 is 15.4 Å². The molecule has 0 aliphatic carbocycles. The lowest BCUT2D eigenvalue weighted by Gasteiger charge is -2.19. The molecule has 5 heteroatoms. The summed E-state index contributed by atoms with van der Waals surface area (Å²) in [5.41, 5.74) is 1.65. The number of ether oxygens (including phenoxy) is 1. The van der Waals surface area contributed by atoms with Crippen molar-refractivity contribution in [3.63, 3.8) is 0 Å². The van der Waals surface area contributed by atoms with E-state index in [9.17, 15) is 4.79 Å². The minimum atomic E-state index is -0.0513. The zero-order valence-electron chi connectivity index (χ0n) is 10.5. The van der Waals surface area contributed by atoms with Crippen LogP contribution in [-0.2, 0) is 4.74 Å². The van der Waals surface area contributed by atoms with Crippen LogP contribution in [0.4, 0.5) is 0 Å². The summed E-state index contributed by atoms with van der Waals surface area (Å²) in [6.45, 7) is 3.45. The Labute approximate surface area is 115 Å². The zero-order valence-corrected chi connectivity index (χ0v) is 12.1. The molecule has 1 aromatic rings. The second kappa shape index (κ2) is 5.82. The Morgan fingerprint density at radius 3 is 3.00 bits per heavy atom. The first-order valence-electron chi connectivity index (χ1n) is 5.93. The first kappa shape index (κ1) is 13.5. The molecule has 98 valence electrons. The molecule has 1 fully saturated rings. The Bertz CT molecular complexity index is 451. The molecule has 18 heavy (non-hydrogen) atoms. The smallest absolute Gasteiger partial charge is 0.251 e. The summed E-state index contributed by atoms with van der Waals surface area (Å²) in [5, 5.41) is 6.22. The van der Waals surface area contributed by atoms with Crippen molar-refractivity contribution in [2.45, 2.75) is 19.1 Å². The van der Waals surface area contributed by atoms with Gasteiger partial charge in [-0.05, 0) is 24.6 Å². The molecule has 2 unspecified atom stereocenters. The molecule has 1 amide bonds. The normalized spacial score (nSPS) is 23.1. The molecule has 4 nitrogen and oxygen atoms in total. The van der Waals surface area contributed by atoms with Gasteiger partial charge in [-0.15, -0.1) is 0 Å². The number of hydrogen-bond acceptors (Lipinski definition) is 3. The lowest BCUT2D eigenvalue weighted by molar-refractivity contribution is 0.0779. The third kappa shape index (κ3) is 2.74. The third-order valence-electron chi connectivity index (χ3n) is 3.29. The van der Waals surface area contributed by atoms with Crippen LogP contribution in [0, 0.1) is 6.92 Å². The molecule has 0 aromatic heterocycles. The summed E-state index contributed by atoms with van der Waals surface area (Å²) in [6, 6.07) is 5.66. The van der Waals surface area contributed by atoms with E-state index in [0.29, 0.717) is 5.56 Å². The average molecular weight is 313 g/mol. The minimum Gasteiger partial charge on any atom is -0.378 e. The number of methoxy groups -OCH3 is 1. The number of carbonyl (C=O) groups is 1. The van der Waals surface area contributed by atoms with Crippen molar-refractivity contribution in [1.82, 2.24) is 10.6 Å². The summed E-state index contributed by atoms with van der Waals surface area (Å²) < 4.78 is 6.28. The van der Waals surface area contributed by atoms with Gasteiger partial charge in [-0.25, -0.2) is 0 Å². The lowest BCUT2D eigenvalue weighted by Crippen LogP contribution is -2.43. The van der Waals surface area contributed by atoms with Gasteiger partial charge in [0.1, 0.15) is 0 Å². The maximum atomic E-state index is 12.2. The van der Waals surface area contributed by atoms with Crippen molar-refractivity contribution < 1.29 is 9.53 Å². The Hall–Kier alpha value is -0.910. The zero-order chi connectivity index (χ0) is 13.1. The average Bonchev–Trinajstić information content (AvgIpc) is 2.79. The molecule has 2 atom stereocenters. The fourth-order valence-electron chi connectivity index (χ4n) is 2.15. The Morgan fingerprint density at radius 1 is 1.50 bits per heavy atom. The minimum absolute atomic E-state index is 0.0286. The quantitative estimate of drug-likeness (QED) is 0.889. The van der Waals surface area contributed by atoms with Crippen molar-refractivity contribution in [2.24, 2.45) is 0 Å². The van der Waals surface area contributed by atoms with E-state index in [2.05, 4.69) is 26.6 Å². The molecule has 1 aliphatic rings. The maximum Gasteiger partial charge on any atom is 0.251 e. The van der Waals surface area contributed by atoms with Crippen LogP contribution in [0.2, 0.25) is 0 Å². The Morgan fingerprint density at radius 2 is 2.28 bits per heavy atom. The van der Waals surface area contributed by atoms with Crippen LogP contribution in [0.5, 0.6) is 0 Å². The number of carbonyl (C=O) groups excluding carboxylic acids is 1. The van der Waals surface area contributed by atoms with E-state index in [1.54, 1.807) is 7.11 Å². The van der Waals surface area contributed by atoms with Crippen molar-refractivity contribution in [3.8, 4) is 0 Å². The van der Waals surface area contributed by atoms with E-state index in [0.717, 1.165) is 23.1 Å². The second-order valence-corrected chi connectivity index (χ2v) is 5.28. The number of halogens is 1. The highest BCUT2D eigenvalue weighted by Gasteiger charge is 2.28. The van der Waals surface area contributed by atoms with Crippen LogP contribution in [0.25, 0.3) is 0 Å². The van der Waals surface area contributed by atoms with E-state index < -0.39 is 0 Å². The lowest BCUT2D eigenvalue weighted by atomic mass is 10.1. The molecule has 0 radical (unpaired) electrons. The predicted octanol–water partition coefficient (Wildman–Crippen LogP) is 1.47. The second-order valence-electron chi connectivity index (χ2n) is 4.42. The number of amides is 1. The van der Waals surface area contributed by atoms with Crippen LogP contribution >= 0.6 is 15.9 Å². The standard InChI is InChI=1S/C13H17BrN2O2/c1-8-9(4-3-5-10(8)14)13(17)16-11-6-15-7-12(11)18-2/h3-5,11-12,15H,6-7H2,1-2H3,(H,16,17). The van der Waals surface area contributed by atoms with Crippen LogP contribution in [0.3, 0.4) is 0 Å². The fourth-order valence-corrected chi connectivity index (χ4v) is 2.51. The number of benzene rings is 1. The SMILES string of the molecule is COC1CNCC1NC(=O)c1cccc(Br)c1C. The van der Waals surface area contributed by atoms with Crippen molar-refractivity contribution >= 4 is 21.8 Å². The summed E-state index contributed by atoms with van der Waals surface area (Å²) in [7, 11) is 1.67. The molecule has 1 aliphatic heterocycles. The maximum absolute atomic E-state index is 12.2. The van der Waals surface area contributed by atoms with Gasteiger partial charge in [-0.3, -0.25) is 4.79 Å². The molecule has 2 rings (SSSR count). The topological polar surface area (TPSA) is 50.4 Å². The first-order valence-corrected chi connectivity index (χ1v) is 6.72. The van der Waals surface area contributed by atoms with Gasteiger partial charge in [0.05, 0.1) is 12.1 Å². The largest absolute Gasteiger partial charge is 0.378 e. The van der Waals surface area contributed by atoms with Crippen molar-refractivity contribution in [3.05, 3.63) is 33.8 Å². The summed E-state index contributed by atoms with van der Waals surface area (Å²) in [4.78, 5) is 12.2. The van der Waals surface area contributed by atoms with E-state index in [1.165, 1.54) is 0 Å². The van der Waals surface area contributed by atoms with Gasteiger partial charge >= 0.3 is 0 Å². The molecule has 1 aromatic carbocycles. The van der Waals surface area contributed by atoms with Gasteiger partial charge in [0.2, 0.25) is 0 Å². The van der Waals surface area contributed by atoms with Gasteiger partial charge in [0, 0.05) is 30.2 Å². The van der Waals surface area contributed by atoms with E-state index in [-0.39, 0.29) is 18.1 Å². The molecule has 0 saturated carbocycles. The molecule has 0 bridgehead atoms. The predicted molar refractivity (Wildman–Crippen MR) is 73.8 cm³/mol. The van der Waals surface area contributed by atoms with Gasteiger partial charge in [-0.2, -0.15) is 0 Å².